The molecule has 5 N–H and O–H groups in total. The van der Waals surface area contributed by atoms with Gasteiger partial charge in [-0.25, -0.2) is 9.18 Å². The molecule has 0 aliphatic carbocycles. The van der Waals surface area contributed by atoms with Crippen LogP contribution >= 0.6 is 0 Å². The minimum atomic E-state index is -0.575. The second-order valence-corrected chi connectivity index (χ2v) is 11.5. The van der Waals surface area contributed by atoms with Gasteiger partial charge in [0.25, 0.3) is 5.91 Å². The molecular weight excluding hydrogens is 593 g/mol. The molecule has 12 nitrogen and oxygen atoms in total. The lowest BCUT2D eigenvalue weighted by Crippen LogP contribution is -2.54. The average molecular weight is 630 g/mol. The van der Waals surface area contributed by atoms with Crippen LogP contribution in [-0.4, -0.2) is 77.7 Å². The average Bonchev–Trinajstić information content (AvgIpc) is 3.31. The van der Waals surface area contributed by atoms with Crippen LogP contribution in [-0.2, 0) is 11.3 Å². The number of fused-ring (bicyclic) bond motifs is 1. The first kappa shape index (κ1) is 30.7. The van der Waals surface area contributed by atoms with Crippen molar-refractivity contribution < 1.29 is 28.2 Å². The van der Waals surface area contributed by atoms with Gasteiger partial charge in [0, 0.05) is 36.5 Å². The Labute approximate surface area is 265 Å². The molecule has 4 heterocycles. The largest absolute Gasteiger partial charge is 0.494 e. The van der Waals surface area contributed by atoms with Crippen molar-refractivity contribution in [3.63, 3.8) is 0 Å². The number of para-hydroxylation sites is 1. The standard InChI is InChI=1S/C33H36FN7O5/c1-19-15-39(16-20(2)46-19)33(44)40-17-25-29(26(42)18-40)30(37-23-7-5-4-6-8-23)31(41(25)35)21-11-12-36-28(14-21)38-32(43)22-9-10-24(34)27(13-22)45-3/h4-11,13-14,19-20,36-37H,12,15-18,35H2,1-3H3,(H,38,43)/t19-,20+. The molecule has 0 saturated carbocycles. The van der Waals surface area contributed by atoms with Gasteiger partial charge in [0.1, 0.15) is 5.82 Å². The Hall–Kier alpha value is -5.30. The number of nitrogens with one attached hydrogen (secondary N) is 3. The smallest absolute Gasteiger partial charge is 0.320 e. The van der Waals surface area contributed by atoms with Crippen LogP contribution in [0.15, 0.2) is 66.5 Å². The summed E-state index contributed by atoms with van der Waals surface area (Å²) >= 11 is 0. The monoisotopic (exact) mass is 629 g/mol. The SMILES string of the molecule is COc1cc(C(=O)NC2=CC(c3c(Nc4ccccc4)c4c(n3N)CN(C(=O)N3C[C@@H](C)O[C@@H](C)C3)CC4=O)=CCN2)ccc1F. The molecule has 2 atom stereocenters. The van der Waals surface area contributed by atoms with Gasteiger partial charge in [-0.1, -0.05) is 24.3 Å². The summed E-state index contributed by atoms with van der Waals surface area (Å²) in [6, 6.07) is 13.0. The number of carbonyl (C=O) groups is 3. The highest BCUT2D eigenvalue weighted by Crippen LogP contribution is 2.38. The number of Topliss-reactive ketones (excluding diaryl/α,β-unsaturated/α-hetero) is 1. The maximum atomic E-state index is 13.9. The molecule has 240 valence electrons. The summed E-state index contributed by atoms with van der Waals surface area (Å²) in [6.07, 6.45) is 3.37. The third kappa shape index (κ3) is 6.01. The molecule has 46 heavy (non-hydrogen) atoms. The number of halogens is 1. The summed E-state index contributed by atoms with van der Waals surface area (Å²) in [6.45, 7) is 5.08. The van der Waals surface area contributed by atoms with Gasteiger partial charge in [-0.2, -0.15) is 0 Å². The van der Waals surface area contributed by atoms with Crippen molar-refractivity contribution in [2.45, 2.75) is 32.6 Å². The van der Waals surface area contributed by atoms with E-state index >= 15 is 0 Å². The molecule has 3 aliphatic rings. The molecule has 3 amide bonds. The van der Waals surface area contributed by atoms with Gasteiger partial charge in [0.2, 0.25) is 0 Å². The predicted molar refractivity (Wildman–Crippen MR) is 171 cm³/mol. The van der Waals surface area contributed by atoms with Gasteiger partial charge in [-0.05, 0) is 50.3 Å². The van der Waals surface area contributed by atoms with E-state index in [4.69, 9.17) is 15.3 Å². The fourth-order valence-electron chi connectivity index (χ4n) is 6.10. The van der Waals surface area contributed by atoms with Gasteiger partial charge < -0.3 is 41.1 Å². The number of allylic oxidation sites excluding steroid dienone is 2. The van der Waals surface area contributed by atoms with Crippen LogP contribution in [0.2, 0.25) is 0 Å². The van der Waals surface area contributed by atoms with Crippen LogP contribution in [0, 0.1) is 5.82 Å². The highest BCUT2D eigenvalue weighted by Gasteiger charge is 2.38. The van der Waals surface area contributed by atoms with Crippen molar-refractivity contribution in [2.75, 3.05) is 44.4 Å². The second kappa shape index (κ2) is 12.6. The van der Waals surface area contributed by atoms with E-state index in [1.807, 2.05) is 50.3 Å². The molecule has 2 aromatic carbocycles. The fraction of sp³-hybridized carbons (Fsp3) is 0.303. The van der Waals surface area contributed by atoms with E-state index in [9.17, 15) is 18.8 Å². The lowest BCUT2D eigenvalue weighted by Gasteiger charge is -2.39. The lowest BCUT2D eigenvalue weighted by atomic mass is 10.0. The molecule has 6 rings (SSSR count). The van der Waals surface area contributed by atoms with Gasteiger partial charge in [-0.15, -0.1) is 0 Å². The number of amides is 3. The molecule has 1 fully saturated rings. The van der Waals surface area contributed by atoms with E-state index < -0.39 is 11.7 Å². The number of ether oxygens (including phenoxy) is 2. The number of carbonyl (C=O) groups excluding carboxylic acids is 3. The number of benzene rings is 2. The maximum absolute atomic E-state index is 13.9. The highest BCUT2D eigenvalue weighted by atomic mass is 19.1. The number of morpholine rings is 1. The van der Waals surface area contributed by atoms with Crippen LogP contribution in [0.1, 0.15) is 46.0 Å². The van der Waals surface area contributed by atoms with Crippen molar-refractivity contribution in [3.05, 3.63) is 94.8 Å². The molecule has 0 radical (unpaired) electrons. The maximum Gasteiger partial charge on any atom is 0.320 e. The summed E-state index contributed by atoms with van der Waals surface area (Å²) in [5.74, 6) is 5.81. The number of hydrogen-bond donors (Lipinski definition) is 4. The summed E-state index contributed by atoms with van der Waals surface area (Å²) < 4.78 is 26.2. The summed E-state index contributed by atoms with van der Waals surface area (Å²) in [7, 11) is 1.33. The first-order valence-corrected chi connectivity index (χ1v) is 15.0. The molecule has 1 aromatic heterocycles. The Kier molecular flexibility index (Phi) is 8.41. The third-order valence-electron chi connectivity index (χ3n) is 8.11. The quantitative estimate of drug-likeness (QED) is 0.303. The number of anilines is 2. The first-order valence-electron chi connectivity index (χ1n) is 15.0. The minimum Gasteiger partial charge on any atom is -0.494 e. The number of nitrogens with zero attached hydrogens (tertiary/aromatic N) is 3. The van der Waals surface area contributed by atoms with Crippen molar-refractivity contribution in [3.8, 4) is 5.75 Å². The molecule has 0 unspecified atom stereocenters. The molecule has 13 heteroatoms. The Morgan fingerprint density at radius 2 is 1.80 bits per heavy atom. The lowest BCUT2D eigenvalue weighted by molar-refractivity contribution is -0.0583. The number of nitrogens with two attached hydrogens (primary N) is 1. The van der Waals surface area contributed by atoms with Crippen molar-refractivity contribution in [2.24, 2.45) is 0 Å². The van der Waals surface area contributed by atoms with Crippen molar-refractivity contribution in [1.29, 1.82) is 0 Å². The Morgan fingerprint density at radius 3 is 2.52 bits per heavy atom. The first-order chi connectivity index (χ1) is 22.1. The van der Waals surface area contributed by atoms with E-state index in [-0.39, 0.29) is 48.4 Å². The summed E-state index contributed by atoms with van der Waals surface area (Å²) in [5, 5.41) is 9.33. The van der Waals surface area contributed by atoms with Crippen LogP contribution in [0.3, 0.4) is 0 Å². The number of methoxy groups -OCH3 is 1. The molecule has 3 aliphatic heterocycles. The van der Waals surface area contributed by atoms with E-state index in [0.29, 0.717) is 53.7 Å². The number of ketones is 1. The van der Waals surface area contributed by atoms with Crippen LogP contribution < -0.4 is 26.5 Å². The summed E-state index contributed by atoms with van der Waals surface area (Å²) in [4.78, 5) is 43.7. The zero-order valence-corrected chi connectivity index (χ0v) is 25.8. The zero-order chi connectivity index (χ0) is 32.5. The molecular formula is C33H36FN7O5. The predicted octanol–water partition coefficient (Wildman–Crippen LogP) is 3.58. The molecule has 1 saturated heterocycles. The Bertz CT molecular complexity index is 1740. The number of rotatable bonds is 6. The number of hydrogen-bond acceptors (Lipinski definition) is 8. The van der Waals surface area contributed by atoms with Crippen molar-refractivity contribution >= 4 is 34.7 Å². The van der Waals surface area contributed by atoms with Gasteiger partial charge in [-0.3, -0.25) is 14.3 Å². The minimum absolute atomic E-state index is 0.0446. The zero-order valence-electron chi connectivity index (χ0n) is 25.8. The van der Waals surface area contributed by atoms with Gasteiger partial charge in [0.05, 0.1) is 55.0 Å². The van der Waals surface area contributed by atoms with Gasteiger partial charge in [0.15, 0.2) is 17.3 Å². The van der Waals surface area contributed by atoms with Crippen LogP contribution in [0.5, 0.6) is 5.75 Å². The number of nitrogen functional groups attached to an aromatic ring is 1. The van der Waals surface area contributed by atoms with Gasteiger partial charge >= 0.3 is 6.03 Å². The Morgan fingerprint density at radius 1 is 1.07 bits per heavy atom. The second-order valence-electron chi connectivity index (χ2n) is 11.5. The van der Waals surface area contributed by atoms with Crippen LogP contribution in [0.25, 0.3) is 5.57 Å². The van der Waals surface area contributed by atoms with Crippen molar-refractivity contribution in [1.82, 2.24) is 25.1 Å². The number of dihydropyridines is 1. The van der Waals surface area contributed by atoms with E-state index in [2.05, 4.69) is 16.0 Å². The number of aromatic nitrogens is 1. The van der Waals surface area contributed by atoms with E-state index in [1.165, 1.54) is 34.9 Å². The normalized spacial score (nSPS) is 19.4. The number of urea groups is 1. The topological polar surface area (TPSA) is 143 Å². The van der Waals surface area contributed by atoms with Crippen LogP contribution in [0.4, 0.5) is 20.6 Å². The molecule has 3 aromatic rings. The summed E-state index contributed by atoms with van der Waals surface area (Å²) in [5.41, 5.74) is 3.52. The molecule has 0 spiro atoms. The molecule has 0 bridgehead atoms. The van der Waals surface area contributed by atoms with E-state index in [0.717, 1.165) is 5.69 Å². The highest BCUT2D eigenvalue weighted by molar-refractivity contribution is 6.09. The van der Waals surface area contributed by atoms with E-state index in [1.54, 1.807) is 11.0 Å². The third-order valence-corrected chi connectivity index (χ3v) is 8.11. The fourth-order valence-corrected chi connectivity index (χ4v) is 6.10. The Balaban J connectivity index is 1.34.